The number of Topliss-reactive ketones (excluding diaryl/α,β-unsaturated/α-hetero) is 1. The molecule has 0 aromatic carbocycles. The van der Waals surface area contributed by atoms with Crippen LogP contribution in [0.1, 0.15) is 119 Å². The molecule has 3 saturated carbocycles. The van der Waals surface area contributed by atoms with E-state index in [0.717, 1.165) is 38.1 Å². The van der Waals surface area contributed by atoms with E-state index in [2.05, 4.69) is 53.8 Å². The minimum absolute atomic E-state index is 0.167. The van der Waals surface area contributed by atoms with E-state index >= 15 is 0 Å². The number of aliphatic hydroxyl groups is 1. The Morgan fingerprint density at radius 2 is 1.77 bits per heavy atom. The van der Waals surface area contributed by atoms with Crippen LogP contribution in [0.5, 0.6) is 0 Å². The average molecular weight is 484 g/mol. The summed E-state index contributed by atoms with van der Waals surface area (Å²) >= 11 is 0. The van der Waals surface area contributed by atoms with Gasteiger partial charge in [-0.25, -0.2) is 0 Å². The molecule has 1 heterocycles. The summed E-state index contributed by atoms with van der Waals surface area (Å²) in [6.07, 6.45) is 12.5. The molecule has 5 aliphatic rings. The molecule has 3 nitrogen and oxygen atoms in total. The van der Waals surface area contributed by atoms with Crippen LogP contribution in [0.3, 0.4) is 0 Å². The molecule has 0 spiro atoms. The summed E-state index contributed by atoms with van der Waals surface area (Å²) in [7, 11) is 0. The van der Waals surface area contributed by atoms with Crippen LogP contribution in [0, 0.1) is 45.8 Å². The lowest BCUT2D eigenvalue weighted by Crippen LogP contribution is -2.61. The number of fused-ring (bicyclic) bond motifs is 6. The van der Waals surface area contributed by atoms with E-state index < -0.39 is 5.60 Å². The Kier molecular flexibility index (Phi) is 6.44. The van der Waals surface area contributed by atoms with Gasteiger partial charge in [-0.3, -0.25) is 4.79 Å². The van der Waals surface area contributed by atoms with Gasteiger partial charge in [0.25, 0.3) is 0 Å². The van der Waals surface area contributed by atoms with Gasteiger partial charge in [0.15, 0.2) is 0 Å². The number of hydrogen-bond acceptors (Lipinski definition) is 3. The van der Waals surface area contributed by atoms with E-state index in [-0.39, 0.29) is 11.5 Å². The highest BCUT2D eigenvalue weighted by atomic mass is 16.3. The number of ketones is 1. The Bertz CT molecular complexity index is 890. The van der Waals surface area contributed by atoms with Gasteiger partial charge in [0.1, 0.15) is 5.78 Å². The van der Waals surface area contributed by atoms with Crippen LogP contribution >= 0.6 is 0 Å². The van der Waals surface area contributed by atoms with E-state index in [1.807, 2.05) is 0 Å². The van der Waals surface area contributed by atoms with E-state index in [0.29, 0.717) is 40.3 Å². The first-order valence-electron chi connectivity index (χ1n) is 14.9. The topological polar surface area (TPSA) is 49.3 Å². The molecular formula is C32H53NO2. The third kappa shape index (κ3) is 4.29. The van der Waals surface area contributed by atoms with Gasteiger partial charge >= 0.3 is 0 Å². The summed E-state index contributed by atoms with van der Waals surface area (Å²) in [4.78, 5) is 12.5. The first-order valence-corrected chi connectivity index (χ1v) is 14.9. The number of piperidine rings is 1. The monoisotopic (exact) mass is 483 g/mol. The predicted octanol–water partition coefficient (Wildman–Crippen LogP) is 7.08. The SMILES string of the molecule is CC1=C2C[C@@H]3[C@@]4(C)CCC(=O)C[C@H](CC[C@@]3(C)[C@@H]2CC[C@@](C)([C@H](C)[C@@H]2NC[C@@H](C)C[C@@]2(C)O)C1)C4. The number of allylic oxidation sites excluding steroid dienone is 2. The quantitative estimate of drug-likeness (QED) is 0.413. The van der Waals surface area contributed by atoms with Gasteiger partial charge in [-0.2, -0.15) is 0 Å². The van der Waals surface area contributed by atoms with Crippen LogP contribution in [0.4, 0.5) is 0 Å². The average Bonchev–Trinajstić information content (AvgIpc) is 2.82. The molecule has 2 N–H and O–H groups in total. The molecule has 198 valence electrons. The van der Waals surface area contributed by atoms with Crippen molar-refractivity contribution in [2.24, 2.45) is 45.8 Å². The summed E-state index contributed by atoms with van der Waals surface area (Å²) in [6.45, 7) is 17.9. The molecule has 0 aromatic rings. The Morgan fingerprint density at radius 3 is 2.49 bits per heavy atom. The van der Waals surface area contributed by atoms with Gasteiger partial charge in [-0.1, -0.05) is 45.8 Å². The van der Waals surface area contributed by atoms with Crippen LogP contribution in [-0.2, 0) is 4.79 Å². The summed E-state index contributed by atoms with van der Waals surface area (Å²) in [5, 5.41) is 15.2. The van der Waals surface area contributed by atoms with E-state index in [1.165, 1.54) is 44.9 Å². The van der Waals surface area contributed by atoms with Crippen LogP contribution in [0.2, 0.25) is 0 Å². The van der Waals surface area contributed by atoms with Crippen molar-refractivity contribution in [3.05, 3.63) is 11.1 Å². The van der Waals surface area contributed by atoms with Gasteiger partial charge in [0, 0.05) is 18.9 Å². The minimum Gasteiger partial charge on any atom is -0.389 e. The van der Waals surface area contributed by atoms with Crippen molar-refractivity contribution in [1.29, 1.82) is 0 Å². The largest absolute Gasteiger partial charge is 0.389 e. The molecule has 5 rings (SSSR count). The van der Waals surface area contributed by atoms with Crippen molar-refractivity contribution < 1.29 is 9.90 Å². The van der Waals surface area contributed by atoms with Crippen LogP contribution in [-0.4, -0.2) is 29.1 Å². The molecule has 0 aromatic heterocycles. The Balaban J connectivity index is 1.43. The van der Waals surface area contributed by atoms with Crippen molar-refractivity contribution >= 4 is 5.78 Å². The summed E-state index contributed by atoms with van der Waals surface area (Å²) in [5.74, 6) is 3.54. The van der Waals surface area contributed by atoms with Crippen molar-refractivity contribution in [1.82, 2.24) is 5.32 Å². The molecule has 1 aliphatic heterocycles. The molecule has 35 heavy (non-hydrogen) atoms. The lowest BCUT2D eigenvalue weighted by atomic mass is 9.59. The number of rotatable bonds is 2. The number of hydrogen-bond donors (Lipinski definition) is 2. The Labute approximate surface area is 215 Å². The van der Waals surface area contributed by atoms with E-state index in [9.17, 15) is 9.90 Å². The fraction of sp³-hybridized carbons (Fsp3) is 0.906. The standard InChI is InChI=1S/C32H53NO2/c1-20-16-32(7,35)28(33-19-20)22(3)29(4)12-10-26-25(21(2)17-29)15-27-30(5)11-9-24(34)14-23(18-30)8-13-31(26,27)6/h20,22-23,26-28,33,35H,8-19H2,1-7H3/t20-,22+,23-,26+,27+,28-,29+,30-,31-,32+/m0/s1. The van der Waals surface area contributed by atoms with E-state index in [4.69, 9.17) is 0 Å². The zero-order valence-electron chi connectivity index (χ0n) is 23.8. The lowest BCUT2D eigenvalue weighted by molar-refractivity contribution is -0.120. The summed E-state index contributed by atoms with van der Waals surface area (Å²) in [5.41, 5.74) is 3.72. The zero-order valence-corrected chi connectivity index (χ0v) is 23.8. The molecule has 3 heteroatoms. The summed E-state index contributed by atoms with van der Waals surface area (Å²) in [6, 6.07) is 0.167. The second kappa shape index (κ2) is 8.69. The second-order valence-electron chi connectivity index (χ2n) is 15.3. The first kappa shape index (κ1) is 26.0. The van der Waals surface area contributed by atoms with Crippen molar-refractivity contribution in [3.8, 4) is 0 Å². The molecule has 1 saturated heterocycles. The highest BCUT2D eigenvalue weighted by Crippen LogP contribution is 2.68. The maximum absolute atomic E-state index is 12.5. The fourth-order valence-corrected chi connectivity index (χ4v) is 10.6. The van der Waals surface area contributed by atoms with Crippen LogP contribution in [0.15, 0.2) is 11.1 Å². The number of carbonyl (C=O) groups is 1. The van der Waals surface area contributed by atoms with Crippen LogP contribution < -0.4 is 5.32 Å². The number of nitrogens with one attached hydrogen (secondary N) is 1. The Hall–Kier alpha value is -0.670. The molecule has 0 radical (unpaired) electrons. The van der Waals surface area contributed by atoms with Gasteiger partial charge in [-0.15, -0.1) is 0 Å². The second-order valence-corrected chi connectivity index (χ2v) is 15.3. The molecular weight excluding hydrogens is 430 g/mol. The van der Waals surface area contributed by atoms with Gasteiger partial charge in [0.05, 0.1) is 5.60 Å². The maximum Gasteiger partial charge on any atom is 0.133 e. The highest BCUT2D eigenvalue weighted by molar-refractivity contribution is 5.79. The fourth-order valence-electron chi connectivity index (χ4n) is 10.6. The molecule has 4 aliphatic carbocycles. The highest BCUT2D eigenvalue weighted by Gasteiger charge is 2.59. The predicted molar refractivity (Wildman–Crippen MR) is 144 cm³/mol. The number of carbonyl (C=O) groups excluding carboxylic acids is 1. The molecule has 0 unspecified atom stereocenters. The maximum atomic E-state index is 12.5. The lowest BCUT2D eigenvalue weighted by Gasteiger charge is -2.50. The molecule has 4 fully saturated rings. The normalized spacial score (nSPS) is 51.7. The molecule has 0 amide bonds. The van der Waals surface area contributed by atoms with E-state index in [1.54, 1.807) is 11.1 Å². The molecule has 2 bridgehead atoms. The molecule has 10 atom stereocenters. The van der Waals surface area contributed by atoms with Crippen molar-refractivity contribution in [3.63, 3.8) is 0 Å². The minimum atomic E-state index is -0.635. The van der Waals surface area contributed by atoms with Gasteiger partial charge in [0.2, 0.25) is 0 Å². The summed E-state index contributed by atoms with van der Waals surface area (Å²) < 4.78 is 0. The van der Waals surface area contributed by atoms with Crippen LogP contribution in [0.25, 0.3) is 0 Å². The van der Waals surface area contributed by atoms with Gasteiger partial charge < -0.3 is 10.4 Å². The van der Waals surface area contributed by atoms with Gasteiger partial charge in [-0.05, 0) is 124 Å². The Morgan fingerprint density at radius 1 is 1.03 bits per heavy atom. The zero-order chi connectivity index (χ0) is 25.4. The van der Waals surface area contributed by atoms with Crippen molar-refractivity contribution in [2.75, 3.05) is 6.54 Å². The smallest absolute Gasteiger partial charge is 0.133 e. The van der Waals surface area contributed by atoms with Crippen molar-refractivity contribution in [2.45, 2.75) is 131 Å². The third-order valence-electron chi connectivity index (χ3n) is 12.6. The first-order chi connectivity index (χ1) is 16.3. The third-order valence-corrected chi connectivity index (χ3v) is 12.6.